The third-order valence-corrected chi connectivity index (χ3v) is 4.06. The molecule has 0 saturated heterocycles. The first-order chi connectivity index (χ1) is 6.72. The highest BCUT2D eigenvalue weighted by Crippen LogP contribution is 2.39. The van der Waals surface area contributed by atoms with Crippen LogP contribution in [0, 0.1) is 5.92 Å². The highest BCUT2D eigenvalue weighted by molar-refractivity contribution is 8.04. The molecular formula is C6H11O7PS. The molecule has 0 unspecified atom stereocenters. The molecule has 0 aliphatic heterocycles. The fourth-order valence-corrected chi connectivity index (χ4v) is 2.66. The van der Waals surface area contributed by atoms with E-state index in [2.05, 4.69) is 0 Å². The zero-order chi connectivity index (χ0) is 12.1. The predicted octanol–water partition coefficient (Wildman–Crippen LogP) is 0.0303. The van der Waals surface area contributed by atoms with Crippen molar-refractivity contribution in [2.75, 3.05) is 11.2 Å². The first kappa shape index (κ1) is 14.4. The highest BCUT2D eigenvalue weighted by atomic mass is 32.2. The van der Waals surface area contributed by atoms with Gasteiger partial charge in [0.05, 0.1) is 17.8 Å². The van der Waals surface area contributed by atoms with Gasteiger partial charge in [-0.1, -0.05) is 0 Å². The summed E-state index contributed by atoms with van der Waals surface area (Å²) in [6.45, 7) is 0. The van der Waals surface area contributed by atoms with Gasteiger partial charge in [-0.05, 0) is 0 Å². The van der Waals surface area contributed by atoms with Crippen LogP contribution in [0.3, 0.4) is 0 Å². The maximum absolute atomic E-state index is 10.5. The van der Waals surface area contributed by atoms with Crippen molar-refractivity contribution in [3.8, 4) is 0 Å². The number of hydrogen-bond acceptors (Lipinski definition) is 4. The molecule has 0 saturated carbocycles. The monoisotopic (exact) mass is 258 g/mol. The van der Waals surface area contributed by atoms with E-state index < -0.39 is 37.4 Å². The Morgan fingerprint density at radius 2 is 1.80 bits per heavy atom. The molecule has 0 rings (SSSR count). The number of rotatable bonds is 7. The highest BCUT2D eigenvalue weighted by Gasteiger charge is 2.22. The van der Waals surface area contributed by atoms with Crippen molar-refractivity contribution >= 4 is 31.3 Å². The van der Waals surface area contributed by atoms with Gasteiger partial charge < -0.3 is 20.0 Å². The van der Waals surface area contributed by atoms with Crippen molar-refractivity contribution in [3.63, 3.8) is 0 Å². The van der Waals surface area contributed by atoms with Crippen LogP contribution in [0.5, 0.6) is 0 Å². The van der Waals surface area contributed by atoms with Crippen molar-refractivity contribution in [1.29, 1.82) is 0 Å². The van der Waals surface area contributed by atoms with Gasteiger partial charge in [0.2, 0.25) is 0 Å². The molecule has 9 heteroatoms. The number of carboxylic acids is 2. The number of thioether (sulfide) groups is 1. The largest absolute Gasteiger partial charge is 0.481 e. The second-order valence-electron chi connectivity index (χ2n) is 2.80. The molecule has 0 bridgehead atoms. The van der Waals surface area contributed by atoms with E-state index in [-0.39, 0.29) is 5.75 Å². The molecule has 0 aromatic carbocycles. The Morgan fingerprint density at radius 3 is 2.13 bits per heavy atom. The molecule has 1 atom stereocenters. The van der Waals surface area contributed by atoms with Crippen LogP contribution in [-0.2, 0) is 14.2 Å². The lowest BCUT2D eigenvalue weighted by Crippen LogP contribution is -2.20. The van der Waals surface area contributed by atoms with Gasteiger partial charge in [-0.25, -0.2) is 0 Å². The zero-order valence-corrected chi connectivity index (χ0v) is 9.28. The Labute approximate surface area is 89.6 Å². The number of carbonyl (C=O) groups is 2. The molecule has 7 nitrogen and oxygen atoms in total. The van der Waals surface area contributed by atoms with Crippen LogP contribution in [0.4, 0.5) is 0 Å². The summed E-state index contributed by atoms with van der Waals surface area (Å²) in [4.78, 5) is 37.7. The normalized spacial score (nSPS) is 13.5. The smallest absolute Gasteiger partial charge is 0.335 e. The summed E-state index contributed by atoms with van der Waals surface area (Å²) in [7, 11) is -4.16. The molecule has 15 heavy (non-hydrogen) atoms. The van der Waals surface area contributed by atoms with Gasteiger partial charge in [-0.2, -0.15) is 0 Å². The summed E-state index contributed by atoms with van der Waals surface area (Å²) < 4.78 is 10.4. The Kier molecular flexibility index (Phi) is 5.89. The van der Waals surface area contributed by atoms with E-state index in [1.54, 1.807) is 0 Å². The van der Waals surface area contributed by atoms with E-state index in [1.165, 1.54) is 0 Å². The van der Waals surface area contributed by atoms with Crippen molar-refractivity contribution in [3.05, 3.63) is 0 Å². The quantitative estimate of drug-likeness (QED) is 0.470. The molecule has 0 aliphatic rings. The van der Waals surface area contributed by atoms with Gasteiger partial charge in [-0.3, -0.25) is 14.2 Å². The summed E-state index contributed by atoms with van der Waals surface area (Å²) in [6, 6.07) is 0. The molecule has 0 amide bonds. The Bertz CT molecular complexity index is 285. The lowest BCUT2D eigenvalue weighted by molar-refractivity contribution is -0.147. The van der Waals surface area contributed by atoms with Crippen molar-refractivity contribution < 1.29 is 34.2 Å². The minimum atomic E-state index is -4.16. The molecule has 0 fully saturated rings. The van der Waals surface area contributed by atoms with Crippen molar-refractivity contribution in [2.24, 2.45) is 5.92 Å². The van der Waals surface area contributed by atoms with E-state index in [4.69, 9.17) is 20.0 Å². The zero-order valence-electron chi connectivity index (χ0n) is 7.57. The van der Waals surface area contributed by atoms with E-state index in [1.807, 2.05) is 0 Å². The Balaban J connectivity index is 4.03. The van der Waals surface area contributed by atoms with E-state index in [0.29, 0.717) is 0 Å². The number of aliphatic carboxylic acids is 2. The van der Waals surface area contributed by atoms with Crippen molar-refractivity contribution in [2.45, 2.75) is 6.42 Å². The van der Waals surface area contributed by atoms with Gasteiger partial charge in [0.15, 0.2) is 0 Å². The maximum Gasteiger partial charge on any atom is 0.335 e. The third kappa shape index (κ3) is 8.44. The lowest BCUT2D eigenvalue weighted by atomic mass is 10.1. The van der Waals surface area contributed by atoms with Crippen molar-refractivity contribution in [1.82, 2.24) is 0 Å². The molecule has 0 spiro atoms. The lowest BCUT2D eigenvalue weighted by Gasteiger charge is -2.09. The predicted molar refractivity (Wildman–Crippen MR) is 52.7 cm³/mol. The second-order valence-corrected chi connectivity index (χ2v) is 5.90. The minimum Gasteiger partial charge on any atom is -0.481 e. The van der Waals surface area contributed by atoms with Gasteiger partial charge in [-0.15, -0.1) is 11.8 Å². The summed E-state index contributed by atoms with van der Waals surface area (Å²) in [5.74, 6) is -3.79. The van der Waals surface area contributed by atoms with Crippen LogP contribution in [0.25, 0.3) is 0 Å². The maximum atomic E-state index is 10.5. The van der Waals surface area contributed by atoms with Gasteiger partial charge in [0, 0.05) is 5.75 Å². The molecule has 0 aliphatic carbocycles. The molecule has 0 aromatic rings. The first-order valence-corrected chi connectivity index (χ1v) is 6.74. The Hall–Kier alpha value is -0.560. The summed E-state index contributed by atoms with van der Waals surface area (Å²) in [6.07, 6.45) is -0.552. The number of hydrogen-bond donors (Lipinski definition) is 4. The molecule has 4 N–H and O–H groups in total. The Morgan fingerprint density at radius 1 is 1.27 bits per heavy atom. The van der Waals surface area contributed by atoms with Crippen LogP contribution < -0.4 is 0 Å². The molecular weight excluding hydrogens is 247 g/mol. The SMILES string of the molecule is O=C(O)C[C@H](CSCP(=O)(O)O)C(=O)O. The topological polar surface area (TPSA) is 132 Å². The van der Waals surface area contributed by atoms with Gasteiger partial charge >= 0.3 is 19.5 Å². The number of carboxylic acid groups (broad SMARTS) is 2. The van der Waals surface area contributed by atoms with Gasteiger partial charge in [0.1, 0.15) is 0 Å². The molecule has 0 heterocycles. The molecule has 0 radical (unpaired) electrons. The van der Waals surface area contributed by atoms with Gasteiger partial charge in [0.25, 0.3) is 0 Å². The third-order valence-electron chi connectivity index (χ3n) is 1.35. The van der Waals surface area contributed by atoms with Crippen LogP contribution in [0.1, 0.15) is 6.42 Å². The second kappa shape index (κ2) is 6.12. The van der Waals surface area contributed by atoms with Crippen LogP contribution in [0.2, 0.25) is 0 Å². The molecule has 0 aromatic heterocycles. The van der Waals surface area contributed by atoms with Crippen LogP contribution >= 0.6 is 19.4 Å². The average Bonchev–Trinajstić information content (AvgIpc) is 1.99. The van der Waals surface area contributed by atoms with E-state index >= 15 is 0 Å². The minimum absolute atomic E-state index is 0.132. The van der Waals surface area contributed by atoms with Crippen LogP contribution in [0.15, 0.2) is 0 Å². The molecule has 88 valence electrons. The van der Waals surface area contributed by atoms with Crippen LogP contribution in [-0.4, -0.2) is 43.2 Å². The fraction of sp³-hybridized carbons (Fsp3) is 0.667. The summed E-state index contributed by atoms with van der Waals surface area (Å²) >= 11 is 0.731. The van der Waals surface area contributed by atoms with E-state index in [9.17, 15) is 14.2 Å². The van der Waals surface area contributed by atoms with E-state index in [0.717, 1.165) is 11.8 Å². The fourth-order valence-electron chi connectivity index (χ4n) is 0.742. The summed E-state index contributed by atoms with van der Waals surface area (Å²) in [5, 5.41) is 16.9. The summed E-state index contributed by atoms with van der Waals surface area (Å²) in [5.41, 5.74) is -0.504. The standard InChI is InChI=1S/C6H11O7PS/c7-5(8)1-4(6(9)10)2-15-3-14(11,12)13/h4H,1-3H2,(H,7,8)(H,9,10)(H2,11,12,13)/t4-/m1/s1. The first-order valence-electron chi connectivity index (χ1n) is 3.79. The average molecular weight is 258 g/mol.